The van der Waals surface area contributed by atoms with Crippen LogP contribution in [0.3, 0.4) is 0 Å². The number of piperazine rings is 1. The Balaban J connectivity index is 1.66. The molecular formula is C21H26N2O2. The fourth-order valence-electron chi connectivity index (χ4n) is 3.05. The van der Waals surface area contributed by atoms with Gasteiger partial charge in [-0.15, -0.1) is 0 Å². The van der Waals surface area contributed by atoms with Gasteiger partial charge in [-0.1, -0.05) is 42.0 Å². The van der Waals surface area contributed by atoms with Gasteiger partial charge in [-0.05, 0) is 26.1 Å². The van der Waals surface area contributed by atoms with Crippen LogP contribution in [0.25, 0.3) is 0 Å². The first-order valence-electron chi connectivity index (χ1n) is 8.87. The van der Waals surface area contributed by atoms with Crippen LogP contribution < -0.4 is 4.74 Å². The number of nitrogens with zero attached hydrogens (tertiary/aromatic N) is 2. The second-order valence-corrected chi connectivity index (χ2v) is 6.69. The highest BCUT2D eigenvalue weighted by Gasteiger charge is 2.16. The van der Waals surface area contributed by atoms with Crippen molar-refractivity contribution in [2.45, 2.75) is 6.92 Å². The number of hydrogen-bond donors (Lipinski definition) is 0. The van der Waals surface area contributed by atoms with E-state index in [-0.39, 0.29) is 5.78 Å². The predicted octanol–water partition coefficient (Wildman–Crippen LogP) is 2.85. The maximum absolute atomic E-state index is 12.8. The van der Waals surface area contributed by atoms with Crippen LogP contribution in [0, 0.1) is 6.92 Å². The monoisotopic (exact) mass is 338 g/mol. The number of hydrogen-bond acceptors (Lipinski definition) is 4. The molecule has 0 saturated carbocycles. The number of benzene rings is 2. The Morgan fingerprint density at radius 2 is 1.76 bits per heavy atom. The third-order valence-corrected chi connectivity index (χ3v) is 4.68. The highest BCUT2D eigenvalue weighted by molar-refractivity contribution is 6.10. The summed E-state index contributed by atoms with van der Waals surface area (Å²) in [7, 11) is 2.15. The Morgan fingerprint density at radius 1 is 1.04 bits per heavy atom. The van der Waals surface area contributed by atoms with Crippen molar-refractivity contribution >= 4 is 5.78 Å². The predicted molar refractivity (Wildman–Crippen MR) is 100 cm³/mol. The molecule has 3 rings (SSSR count). The second-order valence-electron chi connectivity index (χ2n) is 6.69. The van der Waals surface area contributed by atoms with Crippen LogP contribution in [-0.2, 0) is 0 Å². The molecule has 2 aromatic rings. The third-order valence-electron chi connectivity index (χ3n) is 4.68. The highest BCUT2D eigenvalue weighted by Crippen LogP contribution is 2.23. The standard InChI is InChI=1S/C21H26N2O2/c1-17-8-9-20(25-15-14-23-12-10-22(2)11-13-23)19(16-17)21(24)18-6-4-3-5-7-18/h3-9,16H,10-15H2,1-2H3. The van der Waals surface area contributed by atoms with Gasteiger partial charge >= 0.3 is 0 Å². The number of ketones is 1. The van der Waals surface area contributed by atoms with Gasteiger partial charge in [0.25, 0.3) is 0 Å². The molecule has 0 atom stereocenters. The van der Waals surface area contributed by atoms with E-state index in [9.17, 15) is 4.79 Å². The maximum atomic E-state index is 12.8. The van der Waals surface area contributed by atoms with E-state index in [0.717, 1.165) is 38.3 Å². The molecule has 25 heavy (non-hydrogen) atoms. The number of carbonyl (C=O) groups is 1. The van der Waals surface area contributed by atoms with Crippen LogP contribution in [0.4, 0.5) is 0 Å². The van der Waals surface area contributed by atoms with Crippen LogP contribution in [0.1, 0.15) is 21.5 Å². The molecule has 4 nitrogen and oxygen atoms in total. The quantitative estimate of drug-likeness (QED) is 0.758. The molecule has 1 saturated heterocycles. The van der Waals surface area contributed by atoms with Gasteiger partial charge in [0.2, 0.25) is 0 Å². The van der Waals surface area contributed by atoms with Crippen LogP contribution >= 0.6 is 0 Å². The fourth-order valence-corrected chi connectivity index (χ4v) is 3.05. The van der Waals surface area contributed by atoms with Gasteiger partial charge in [-0.3, -0.25) is 9.69 Å². The van der Waals surface area contributed by atoms with Crippen LogP contribution in [0.15, 0.2) is 48.5 Å². The van der Waals surface area contributed by atoms with Crippen molar-refractivity contribution < 1.29 is 9.53 Å². The van der Waals surface area contributed by atoms with Gasteiger partial charge in [0.1, 0.15) is 12.4 Å². The molecule has 1 heterocycles. The first-order valence-corrected chi connectivity index (χ1v) is 8.87. The lowest BCUT2D eigenvalue weighted by atomic mass is 10.0. The SMILES string of the molecule is Cc1ccc(OCCN2CCN(C)CC2)c(C(=O)c2ccccc2)c1. The molecule has 0 aromatic heterocycles. The molecule has 0 bridgehead atoms. The van der Waals surface area contributed by atoms with Crippen molar-refractivity contribution in [1.29, 1.82) is 0 Å². The lowest BCUT2D eigenvalue weighted by Gasteiger charge is -2.32. The van der Waals surface area contributed by atoms with Gasteiger partial charge in [-0.25, -0.2) is 0 Å². The van der Waals surface area contributed by atoms with Gasteiger partial charge in [0, 0.05) is 38.3 Å². The number of rotatable bonds is 6. The zero-order valence-electron chi connectivity index (χ0n) is 15.1. The van der Waals surface area contributed by atoms with E-state index >= 15 is 0 Å². The minimum Gasteiger partial charge on any atom is -0.491 e. The second kappa shape index (κ2) is 8.28. The molecule has 0 amide bonds. The molecule has 0 radical (unpaired) electrons. The topological polar surface area (TPSA) is 32.8 Å². The summed E-state index contributed by atoms with van der Waals surface area (Å²) in [6.45, 7) is 7.83. The highest BCUT2D eigenvalue weighted by atomic mass is 16.5. The van der Waals surface area contributed by atoms with E-state index in [0.29, 0.717) is 23.5 Å². The first-order chi connectivity index (χ1) is 12.1. The first kappa shape index (κ1) is 17.6. The molecule has 0 spiro atoms. The van der Waals surface area contributed by atoms with Gasteiger partial charge in [-0.2, -0.15) is 0 Å². The lowest BCUT2D eigenvalue weighted by molar-refractivity contribution is 0.103. The Kier molecular flexibility index (Phi) is 5.84. The number of ether oxygens (including phenoxy) is 1. The summed E-state index contributed by atoms with van der Waals surface area (Å²) in [5.74, 6) is 0.687. The zero-order valence-corrected chi connectivity index (χ0v) is 15.1. The van der Waals surface area contributed by atoms with E-state index in [2.05, 4.69) is 16.8 Å². The summed E-state index contributed by atoms with van der Waals surface area (Å²) < 4.78 is 5.99. The molecule has 0 unspecified atom stereocenters. The Morgan fingerprint density at radius 3 is 2.48 bits per heavy atom. The number of aryl methyl sites for hydroxylation is 1. The molecule has 1 aliphatic rings. The summed E-state index contributed by atoms with van der Waals surface area (Å²) in [5.41, 5.74) is 2.40. The van der Waals surface area contributed by atoms with Crippen molar-refractivity contribution in [1.82, 2.24) is 9.80 Å². The van der Waals surface area contributed by atoms with E-state index in [1.165, 1.54) is 0 Å². The zero-order chi connectivity index (χ0) is 17.6. The summed E-state index contributed by atoms with van der Waals surface area (Å²) in [5, 5.41) is 0. The third kappa shape index (κ3) is 4.68. The van der Waals surface area contributed by atoms with Crippen LogP contribution in [-0.4, -0.2) is 62.0 Å². The molecule has 1 aliphatic heterocycles. The van der Waals surface area contributed by atoms with Crippen molar-refractivity contribution in [3.8, 4) is 5.75 Å². The average Bonchev–Trinajstić information content (AvgIpc) is 2.64. The van der Waals surface area contributed by atoms with E-state index < -0.39 is 0 Å². The maximum Gasteiger partial charge on any atom is 0.196 e. The smallest absolute Gasteiger partial charge is 0.196 e. The van der Waals surface area contributed by atoms with Gasteiger partial charge in [0.15, 0.2) is 5.78 Å². The van der Waals surface area contributed by atoms with E-state index in [4.69, 9.17) is 4.74 Å². The van der Waals surface area contributed by atoms with Crippen molar-refractivity contribution in [2.24, 2.45) is 0 Å². The molecular weight excluding hydrogens is 312 g/mol. The molecule has 1 fully saturated rings. The molecule has 0 N–H and O–H groups in total. The molecule has 0 aliphatic carbocycles. The summed E-state index contributed by atoms with van der Waals surface area (Å²) >= 11 is 0. The van der Waals surface area contributed by atoms with Crippen molar-refractivity contribution in [3.05, 3.63) is 65.2 Å². The molecule has 4 heteroatoms. The van der Waals surface area contributed by atoms with Crippen LogP contribution in [0.2, 0.25) is 0 Å². The van der Waals surface area contributed by atoms with Gasteiger partial charge in [0.05, 0.1) is 5.56 Å². The fraction of sp³-hybridized carbons (Fsp3) is 0.381. The summed E-state index contributed by atoms with van der Waals surface area (Å²) in [4.78, 5) is 17.6. The molecule has 132 valence electrons. The van der Waals surface area contributed by atoms with Crippen molar-refractivity contribution in [3.63, 3.8) is 0 Å². The minimum atomic E-state index is 0.0129. The van der Waals surface area contributed by atoms with Gasteiger partial charge < -0.3 is 9.64 Å². The summed E-state index contributed by atoms with van der Waals surface area (Å²) in [6.07, 6.45) is 0. The molecule has 2 aromatic carbocycles. The Labute approximate surface area is 150 Å². The lowest BCUT2D eigenvalue weighted by Crippen LogP contribution is -2.45. The average molecular weight is 338 g/mol. The van der Waals surface area contributed by atoms with E-state index in [1.807, 2.05) is 55.5 Å². The minimum absolute atomic E-state index is 0.0129. The van der Waals surface area contributed by atoms with E-state index in [1.54, 1.807) is 0 Å². The summed E-state index contributed by atoms with van der Waals surface area (Å²) in [6, 6.07) is 15.2. The number of carbonyl (C=O) groups excluding carboxylic acids is 1. The van der Waals surface area contributed by atoms with Crippen LogP contribution in [0.5, 0.6) is 5.75 Å². The normalized spacial score (nSPS) is 15.9. The van der Waals surface area contributed by atoms with Crippen molar-refractivity contribution in [2.75, 3.05) is 46.4 Å². The largest absolute Gasteiger partial charge is 0.491 e. The Bertz CT molecular complexity index is 707. The Hall–Kier alpha value is -2.17. The number of likely N-dealkylation sites (N-methyl/N-ethyl adjacent to an activating group) is 1.